The molecule has 0 N–H and O–H groups in total. The Morgan fingerprint density at radius 2 is 1.89 bits per heavy atom. The van der Waals surface area contributed by atoms with Crippen molar-refractivity contribution in [3.8, 4) is 0 Å². The van der Waals surface area contributed by atoms with Crippen LogP contribution in [0.1, 0.15) is 45.2 Å². The molecule has 0 unspecified atom stereocenters. The van der Waals surface area contributed by atoms with Crippen LogP contribution in [0.2, 0.25) is 0 Å². The van der Waals surface area contributed by atoms with Crippen LogP contribution in [0, 0.1) is 0 Å². The van der Waals surface area contributed by atoms with Crippen LogP contribution in [0.5, 0.6) is 0 Å². The van der Waals surface area contributed by atoms with Crippen LogP contribution in [0.15, 0.2) is 6.20 Å². The van der Waals surface area contributed by atoms with Gasteiger partial charge in [-0.2, -0.15) is 0 Å². The first-order chi connectivity index (χ1) is 9.00. The van der Waals surface area contributed by atoms with E-state index in [9.17, 15) is 4.79 Å². The molecular weight excluding hydrogens is 240 g/mol. The van der Waals surface area contributed by atoms with E-state index in [0.29, 0.717) is 6.42 Å². The monoisotopic (exact) mass is 264 g/mol. The minimum atomic E-state index is -0.401. The van der Waals surface area contributed by atoms with E-state index in [1.807, 2.05) is 27.1 Å². The summed E-state index contributed by atoms with van der Waals surface area (Å²) < 4.78 is 1.64. The first-order valence-electron chi connectivity index (χ1n) is 7.13. The van der Waals surface area contributed by atoms with Gasteiger partial charge in [-0.25, -0.2) is 0 Å². The Kier molecular flexibility index (Phi) is 4.34. The first-order valence-corrected chi connectivity index (χ1v) is 7.13. The van der Waals surface area contributed by atoms with Gasteiger partial charge in [-0.05, 0) is 39.8 Å². The highest BCUT2D eigenvalue weighted by Crippen LogP contribution is 2.22. The van der Waals surface area contributed by atoms with Crippen molar-refractivity contribution >= 4 is 5.78 Å². The van der Waals surface area contributed by atoms with E-state index < -0.39 is 5.54 Å². The summed E-state index contributed by atoms with van der Waals surface area (Å²) in [6, 6.07) is 0. The molecule has 5 nitrogen and oxygen atoms in total. The van der Waals surface area contributed by atoms with Crippen molar-refractivity contribution in [2.75, 3.05) is 13.1 Å². The van der Waals surface area contributed by atoms with E-state index in [2.05, 4.69) is 15.2 Å². The third kappa shape index (κ3) is 3.41. The maximum absolute atomic E-state index is 12.5. The molecule has 5 heteroatoms. The minimum absolute atomic E-state index is 0.231. The molecule has 1 aromatic rings. The summed E-state index contributed by atoms with van der Waals surface area (Å²) in [5.74, 6) is 0.231. The molecule has 1 fully saturated rings. The van der Waals surface area contributed by atoms with Gasteiger partial charge in [0.1, 0.15) is 0 Å². The first kappa shape index (κ1) is 14.2. The van der Waals surface area contributed by atoms with Crippen molar-refractivity contribution in [3.05, 3.63) is 11.9 Å². The van der Waals surface area contributed by atoms with Gasteiger partial charge in [0.2, 0.25) is 0 Å². The molecule has 1 aliphatic heterocycles. The molecule has 0 aromatic carbocycles. The maximum Gasteiger partial charge on any atom is 0.158 e. The van der Waals surface area contributed by atoms with E-state index in [0.717, 1.165) is 18.8 Å². The SMILES string of the molecule is Cn1cc(CC(=O)C(C)(C)N2CCCCCC2)nn1. The molecule has 19 heavy (non-hydrogen) atoms. The molecule has 0 atom stereocenters. The molecule has 0 saturated carbocycles. The summed E-state index contributed by atoms with van der Waals surface area (Å²) in [6.45, 7) is 6.13. The quantitative estimate of drug-likeness (QED) is 0.828. The van der Waals surface area contributed by atoms with Crippen molar-refractivity contribution in [2.45, 2.75) is 51.5 Å². The molecule has 0 aliphatic carbocycles. The normalized spacial score (nSPS) is 18.3. The molecule has 2 rings (SSSR count). The number of hydrogen-bond acceptors (Lipinski definition) is 4. The third-order valence-corrected chi connectivity index (χ3v) is 4.07. The van der Waals surface area contributed by atoms with Crippen molar-refractivity contribution < 1.29 is 4.79 Å². The zero-order valence-electron chi connectivity index (χ0n) is 12.2. The molecule has 106 valence electrons. The fourth-order valence-corrected chi connectivity index (χ4v) is 2.66. The highest BCUT2D eigenvalue weighted by atomic mass is 16.1. The zero-order valence-corrected chi connectivity index (χ0v) is 12.2. The van der Waals surface area contributed by atoms with Gasteiger partial charge in [-0.1, -0.05) is 18.1 Å². The number of likely N-dealkylation sites (tertiary alicyclic amines) is 1. The number of carbonyl (C=O) groups excluding carboxylic acids is 1. The number of carbonyl (C=O) groups is 1. The van der Waals surface area contributed by atoms with E-state index in [1.54, 1.807) is 4.68 Å². The molecule has 0 spiro atoms. The summed E-state index contributed by atoms with van der Waals surface area (Å²) in [5.41, 5.74) is 0.359. The number of Topliss-reactive ketones (excluding diaryl/α,β-unsaturated/α-hetero) is 1. The Labute approximate surface area is 115 Å². The van der Waals surface area contributed by atoms with Crippen LogP contribution in [0.3, 0.4) is 0 Å². The molecule has 1 saturated heterocycles. The average molecular weight is 264 g/mol. The third-order valence-electron chi connectivity index (χ3n) is 4.07. The van der Waals surface area contributed by atoms with Crippen LogP contribution in [-0.2, 0) is 18.3 Å². The van der Waals surface area contributed by atoms with Gasteiger partial charge in [0.25, 0.3) is 0 Å². The van der Waals surface area contributed by atoms with Crippen molar-refractivity contribution in [3.63, 3.8) is 0 Å². The fraction of sp³-hybridized carbons (Fsp3) is 0.786. The van der Waals surface area contributed by atoms with Crippen LogP contribution in [0.25, 0.3) is 0 Å². The topological polar surface area (TPSA) is 51.0 Å². The smallest absolute Gasteiger partial charge is 0.158 e. The van der Waals surface area contributed by atoms with Crippen LogP contribution >= 0.6 is 0 Å². The summed E-state index contributed by atoms with van der Waals surface area (Å²) >= 11 is 0. The van der Waals surface area contributed by atoms with Gasteiger partial charge in [0, 0.05) is 13.2 Å². The Balaban J connectivity index is 2.02. The highest BCUT2D eigenvalue weighted by Gasteiger charge is 2.34. The molecule has 2 heterocycles. The molecule has 1 aliphatic rings. The summed E-state index contributed by atoms with van der Waals surface area (Å²) in [5, 5.41) is 7.89. The number of aryl methyl sites for hydroxylation is 1. The average Bonchev–Trinajstić information content (AvgIpc) is 2.63. The van der Waals surface area contributed by atoms with Crippen LogP contribution < -0.4 is 0 Å². The second kappa shape index (κ2) is 5.82. The van der Waals surface area contributed by atoms with Gasteiger partial charge in [-0.3, -0.25) is 14.4 Å². The maximum atomic E-state index is 12.5. The standard InChI is InChI=1S/C14H24N4O/c1-14(2,18-8-6-4-5-7-9-18)13(19)10-12-11-17(3)16-15-12/h11H,4-10H2,1-3H3. The van der Waals surface area contributed by atoms with E-state index >= 15 is 0 Å². The largest absolute Gasteiger partial charge is 0.297 e. The second-order valence-electron chi connectivity index (χ2n) is 5.94. The van der Waals surface area contributed by atoms with Crippen LogP contribution in [-0.4, -0.2) is 44.3 Å². The van der Waals surface area contributed by atoms with Crippen LogP contribution in [0.4, 0.5) is 0 Å². The highest BCUT2D eigenvalue weighted by molar-refractivity contribution is 5.89. The molecule has 0 bridgehead atoms. The fourth-order valence-electron chi connectivity index (χ4n) is 2.66. The lowest BCUT2D eigenvalue weighted by Gasteiger charge is -2.36. The van der Waals surface area contributed by atoms with E-state index in [-0.39, 0.29) is 5.78 Å². The minimum Gasteiger partial charge on any atom is -0.297 e. The van der Waals surface area contributed by atoms with Crippen molar-refractivity contribution in [2.24, 2.45) is 7.05 Å². The molecular formula is C14H24N4O. The van der Waals surface area contributed by atoms with Gasteiger partial charge in [-0.15, -0.1) is 5.10 Å². The van der Waals surface area contributed by atoms with E-state index in [1.165, 1.54) is 25.7 Å². The predicted molar refractivity (Wildman–Crippen MR) is 73.8 cm³/mol. The lowest BCUT2D eigenvalue weighted by molar-refractivity contribution is -0.128. The Bertz CT molecular complexity index is 430. The summed E-state index contributed by atoms with van der Waals surface area (Å²) in [7, 11) is 1.82. The van der Waals surface area contributed by atoms with Gasteiger partial charge < -0.3 is 0 Å². The Morgan fingerprint density at radius 1 is 1.26 bits per heavy atom. The van der Waals surface area contributed by atoms with Crippen molar-refractivity contribution in [1.29, 1.82) is 0 Å². The number of nitrogens with zero attached hydrogens (tertiary/aromatic N) is 4. The lowest BCUT2D eigenvalue weighted by atomic mass is 9.93. The van der Waals surface area contributed by atoms with Crippen molar-refractivity contribution in [1.82, 2.24) is 19.9 Å². The number of hydrogen-bond donors (Lipinski definition) is 0. The molecule has 0 radical (unpaired) electrons. The summed E-state index contributed by atoms with van der Waals surface area (Å²) in [4.78, 5) is 14.9. The number of ketones is 1. The summed E-state index contributed by atoms with van der Waals surface area (Å²) in [6.07, 6.45) is 7.15. The second-order valence-corrected chi connectivity index (χ2v) is 5.94. The lowest BCUT2D eigenvalue weighted by Crippen LogP contribution is -2.51. The number of rotatable bonds is 4. The number of aromatic nitrogens is 3. The molecule has 0 amide bonds. The Hall–Kier alpha value is -1.23. The Morgan fingerprint density at radius 3 is 2.42 bits per heavy atom. The van der Waals surface area contributed by atoms with Gasteiger partial charge in [0.15, 0.2) is 5.78 Å². The van der Waals surface area contributed by atoms with Gasteiger partial charge >= 0.3 is 0 Å². The van der Waals surface area contributed by atoms with E-state index in [4.69, 9.17) is 0 Å². The predicted octanol–water partition coefficient (Wildman–Crippen LogP) is 1.58. The van der Waals surface area contributed by atoms with Gasteiger partial charge in [0.05, 0.1) is 17.7 Å². The zero-order chi connectivity index (χ0) is 13.9. The molecule has 1 aromatic heterocycles.